The van der Waals surface area contributed by atoms with E-state index in [-0.39, 0.29) is 36.6 Å². The number of likely N-dealkylation sites (tertiary alicyclic amines) is 1. The molecule has 5 atom stereocenters. The largest absolute Gasteiger partial charge is 0.349 e. The Balaban J connectivity index is 1.54. The van der Waals surface area contributed by atoms with Crippen LogP contribution in [0.15, 0.2) is 24.7 Å². The van der Waals surface area contributed by atoms with E-state index >= 15 is 4.39 Å². The van der Waals surface area contributed by atoms with E-state index in [1.165, 1.54) is 23.6 Å². The molecule has 0 aromatic carbocycles. The number of nitrogens with zero attached hydrogens (tertiary/aromatic N) is 3. The second-order valence-corrected chi connectivity index (χ2v) is 16.3. The van der Waals surface area contributed by atoms with Crippen LogP contribution in [0.3, 0.4) is 0 Å². The fourth-order valence-corrected chi connectivity index (χ4v) is 9.51. The molecule has 240 valence electrons. The number of carbonyl (C=O) groups is 2. The van der Waals surface area contributed by atoms with Crippen LogP contribution in [0.1, 0.15) is 81.9 Å². The first-order valence-electron chi connectivity index (χ1n) is 15.6. The van der Waals surface area contributed by atoms with E-state index in [1.807, 2.05) is 18.7 Å². The van der Waals surface area contributed by atoms with Crippen molar-refractivity contribution in [3.8, 4) is 0 Å². The highest BCUT2D eigenvalue weighted by molar-refractivity contribution is 8.77. The maximum Gasteiger partial charge on any atom is 0.259 e. The minimum absolute atomic E-state index is 0.0865. The molecule has 0 spiro atoms. The molecule has 42 heavy (non-hydrogen) atoms. The summed E-state index contributed by atoms with van der Waals surface area (Å²) in [5.74, 6) is 0.979. The van der Waals surface area contributed by atoms with Crippen LogP contribution in [0.5, 0.6) is 0 Å². The van der Waals surface area contributed by atoms with Crippen molar-refractivity contribution in [1.82, 2.24) is 19.8 Å². The third-order valence-corrected chi connectivity index (χ3v) is 12.6. The Kier molecular flexibility index (Phi) is 13.3. The van der Waals surface area contributed by atoms with E-state index < -0.39 is 37.9 Å². The van der Waals surface area contributed by atoms with Gasteiger partial charge in [-0.25, -0.2) is 9.06 Å². The van der Waals surface area contributed by atoms with E-state index in [1.54, 1.807) is 21.6 Å². The quantitative estimate of drug-likeness (QED) is 0.127. The smallest absolute Gasteiger partial charge is 0.259 e. The third-order valence-electron chi connectivity index (χ3n) is 7.21. The molecule has 13 heteroatoms. The molecule has 3 aliphatic rings. The Hall–Kier alpha value is -0.880. The number of ether oxygens (including phenoxy) is 1. The molecule has 3 rings (SSSR count). The molecule has 2 fully saturated rings. The average molecular weight is 650 g/mol. The van der Waals surface area contributed by atoms with E-state index in [0.29, 0.717) is 6.61 Å². The lowest BCUT2D eigenvalue weighted by molar-refractivity contribution is -0.133. The molecule has 2 amide bonds. The molecule has 0 aromatic rings. The topological polar surface area (TPSA) is 83.6 Å². The second kappa shape index (κ2) is 16.4. The van der Waals surface area contributed by atoms with Gasteiger partial charge in [0.25, 0.3) is 14.4 Å². The molecule has 1 N–H and O–H groups in total. The van der Waals surface area contributed by atoms with Crippen LogP contribution in [0.25, 0.3) is 0 Å². The van der Waals surface area contributed by atoms with Gasteiger partial charge in [0, 0.05) is 44.6 Å². The van der Waals surface area contributed by atoms with Gasteiger partial charge in [0.1, 0.15) is 11.9 Å². The lowest BCUT2D eigenvalue weighted by atomic mass is 10.1. The Labute approximate surface area is 262 Å². The van der Waals surface area contributed by atoms with Gasteiger partial charge >= 0.3 is 0 Å². The van der Waals surface area contributed by atoms with Crippen LogP contribution in [-0.4, -0.2) is 93.2 Å². The van der Waals surface area contributed by atoms with Gasteiger partial charge < -0.3 is 28.9 Å². The molecule has 0 saturated carbocycles. The number of carbonyl (C=O) groups excluding carboxylic acids is 2. The molecule has 9 nitrogen and oxygen atoms in total. The van der Waals surface area contributed by atoms with Gasteiger partial charge in [-0.1, -0.05) is 28.2 Å². The van der Waals surface area contributed by atoms with E-state index in [9.17, 15) is 9.59 Å². The average Bonchev–Trinajstić information content (AvgIpc) is 3.26. The number of alkyl halides is 1. The highest BCUT2D eigenvalue weighted by Gasteiger charge is 2.49. The Morgan fingerprint density at radius 2 is 1.98 bits per heavy atom. The van der Waals surface area contributed by atoms with Crippen LogP contribution >= 0.6 is 30.1 Å². The van der Waals surface area contributed by atoms with Crippen LogP contribution in [0.4, 0.5) is 4.39 Å². The Morgan fingerprint density at radius 1 is 1.29 bits per heavy atom. The lowest BCUT2D eigenvalue weighted by Crippen LogP contribution is -2.45. The molecule has 0 bridgehead atoms. The van der Waals surface area contributed by atoms with Crippen molar-refractivity contribution in [3.05, 3.63) is 24.7 Å². The molecule has 0 aromatic heterocycles. The van der Waals surface area contributed by atoms with Crippen LogP contribution in [-0.2, 0) is 23.4 Å². The number of nitrogens with one attached hydrogen (secondary N) is 1. The summed E-state index contributed by atoms with van der Waals surface area (Å²) in [4.78, 5) is 28.1. The van der Waals surface area contributed by atoms with Crippen molar-refractivity contribution in [2.24, 2.45) is 0 Å². The zero-order valence-corrected chi connectivity index (χ0v) is 28.4. The Bertz CT molecular complexity index is 967. The molecule has 3 heterocycles. The number of rotatable bonds is 15. The first-order valence-corrected chi connectivity index (χ1v) is 18.4. The van der Waals surface area contributed by atoms with Crippen molar-refractivity contribution in [1.29, 1.82) is 0 Å². The van der Waals surface area contributed by atoms with Crippen LogP contribution in [0, 0.1) is 0 Å². The van der Waals surface area contributed by atoms with Gasteiger partial charge in [0.05, 0.1) is 17.5 Å². The lowest BCUT2D eigenvalue weighted by Gasteiger charge is -2.37. The second-order valence-electron chi connectivity index (χ2n) is 11.9. The van der Waals surface area contributed by atoms with Crippen molar-refractivity contribution < 1.29 is 29.1 Å². The predicted octanol–water partition coefficient (Wildman–Crippen LogP) is 6.19. The van der Waals surface area contributed by atoms with Gasteiger partial charge in [-0.3, -0.25) is 9.59 Å². The predicted molar refractivity (Wildman–Crippen MR) is 171 cm³/mol. The summed E-state index contributed by atoms with van der Waals surface area (Å²) < 4.78 is 44.2. The molecule has 0 aliphatic carbocycles. The zero-order valence-electron chi connectivity index (χ0n) is 26.9. The van der Waals surface area contributed by atoms with Gasteiger partial charge in [0.15, 0.2) is 12.4 Å². The minimum atomic E-state index is -1.65. The highest BCUT2D eigenvalue weighted by Crippen LogP contribution is 2.50. The zero-order chi connectivity index (χ0) is 31.7. The van der Waals surface area contributed by atoms with Crippen molar-refractivity contribution >= 4 is 41.9 Å². The molecular weight excluding hydrogens is 598 g/mol. The molecular formula is C29H50FN4O5PS2. The summed E-state index contributed by atoms with van der Waals surface area (Å²) in [5, 5.41) is 2.56. The van der Waals surface area contributed by atoms with Gasteiger partial charge in [0.2, 0.25) is 5.91 Å². The van der Waals surface area contributed by atoms with E-state index in [2.05, 4.69) is 44.3 Å². The Morgan fingerprint density at radius 3 is 2.60 bits per heavy atom. The molecule has 0 radical (unpaired) electrons. The van der Waals surface area contributed by atoms with E-state index in [4.69, 9.17) is 15.2 Å². The summed E-state index contributed by atoms with van der Waals surface area (Å²) in [5.41, 5.74) is 0. The van der Waals surface area contributed by atoms with E-state index in [0.717, 1.165) is 44.5 Å². The summed E-state index contributed by atoms with van der Waals surface area (Å²) in [6, 6.07) is 0.173. The molecule has 3 aliphatic heterocycles. The normalized spacial score (nSPS) is 26.4. The maximum absolute atomic E-state index is 15.9. The minimum Gasteiger partial charge on any atom is -0.349 e. The number of unbranched alkanes of at least 4 members (excludes halogenated alkanes) is 1. The van der Waals surface area contributed by atoms with Crippen molar-refractivity contribution in [2.75, 3.05) is 25.4 Å². The van der Waals surface area contributed by atoms with Crippen molar-refractivity contribution in [3.63, 3.8) is 0 Å². The first-order chi connectivity index (χ1) is 20.4. The number of hydrogen-bond acceptors (Lipinski definition) is 9. The van der Waals surface area contributed by atoms with Gasteiger partial charge in [-0.15, -0.1) is 0 Å². The SMILES string of the molecule is [2H]CC1OC(N2C=CC(=O)NC2=C)C(F)C1OP(OCCCCSSC(C)(C)C(=O)N1CCCCC1)N(C(C)C)C(C)C. The highest BCUT2D eigenvalue weighted by atomic mass is 33.1. The summed E-state index contributed by atoms with van der Waals surface area (Å²) >= 11 is 0. The van der Waals surface area contributed by atoms with Crippen molar-refractivity contribution in [2.45, 2.75) is 122 Å². The fourth-order valence-electron chi connectivity index (χ4n) is 5.11. The maximum atomic E-state index is 15.9. The number of piperidine rings is 1. The molecule has 5 unspecified atom stereocenters. The fraction of sp³-hybridized carbons (Fsp3) is 0.793. The van der Waals surface area contributed by atoms with Gasteiger partial charge in [-0.2, -0.15) is 0 Å². The summed E-state index contributed by atoms with van der Waals surface area (Å²) in [6.07, 6.45) is 3.32. The first kappa shape index (κ1) is 34.0. The third kappa shape index (κ3) is 9.56. The number of halogens is 1. The summed E-state index contributed by atoms with van der Waals surface area (Å²) in [6.45, 7) is 18.0. The summed E-state index contributed by atoms with van der Waals surface area (Å²) in [7, 11) is 1.71. The number of hydrogen-bond donors (Lipinski definition) is 1. The van der Waals surface area contributed by atoms with Crippen LogP contribution < -0.4 is 5.32 Å². The van der Waals surface area contributed by atoms with Gasteiger partial charge in [-0.05, 0) is 80.5 Å². The number of amides is 2. The standard InChI is InChI=1S/C29H50FN4O5PS2/c1-20(2)34(21(3)4)40(39-26-22(5)38-27(25(26)30)33-17-14-24(35)31-23(33)6)37-18-12-13-19-41-42-29(7,8)28(36)32-15-10-9-11-16-32/h14,17,20-22,25-27H,6,9-13,15-16,18-19H2,1-5,7-8H3,(H,31,35)/i5D. The molecule has 2 saturated heterocycles. The van der Waals surface area contributed by atoms with Crippen LogP contribution in [0.2, 0.25) is 0 Å². The monoisotopic (exact) mass is 649 g/mol.